The molecule has 1 aromatic heterocycles. The molecule has 0 fully saturated rings. The summed E-state index contributed by atoms with van der Waals surface area (Å²) in [4.78, 5) is 5.00. The molecule has 3 rings (SSSR count). The Morgan fingerprint density at radius 1 is 0.722 bits per heavy atom. The van der Waals surface area contributed by atoms with E-state index in [0.29, 0.717) is 5.92 Å². The molecule has 0 aliphatic heterocycles. The molecule has 0 N–H and O–H groups in total. The van der Waals surface area contributed by atoms with E-state index in [1.165, 1.54) is 87.6 Å². The molecule has 2 atom stereocenters. The van der Waals surface area contributed by atoms with Crippen molar-refractivity contribution in [2.24, 2.45) is 0 Å². The van der Waals surface area contributed by atoms with Crippen LogP contribution in [0.25, 0.3) is 0 Å². The Morgan fingerprint density at radius 2 is 1.31 bits per heavy atom. The number of hydrogen-bond donors (Lipinski definition) is 0. The number of imidazole rings is 1. The highest BCUT2D eigenvalue weighted by atomic mass is 15.1. The first-order valence-corrected chi connectivity index (χ1v) is 14.8. The van der Waals surface area contributed by atoms with E-state index in [1.807, 2.05) is 6.20 Å². The van der Waals surface area contributed by atoms with Crippen LogP contribution < -0.4 is 0 Å². The van der Waals surface area contributed by atoms with E-state index in [1.54, 1.807) is 0 Å². The predicted octanol–water partition coefficient (Wildman–Crippen LogP) is 9.89. The van der Waals surface area contributed by atoms with E-state index in [2.05, 4.69) is 92.2 Å². The second kappa shape index (κ2) is 15.7. The lowest BCUT2D eigenvalue weighted by atomic mass is 9.66. The number of rotatable bonds is 18. The molecule has 3 aromatic rings. The van der Waals surface area contributed by atoms with Gasteiger partial charge in [-0.15, -0.1) is 0 Å². The summed E-state index contributed by atoms with van der Waals surface area (Å²) >= 11 is 0. The first kappa shape index (κ1) is 28.2. The molecule has 196 valence electrons. The van der Waals surface area contributed by atoms with Gasteiger partial charge in [0.2, 0.25) is 0 Å². The Hall–Kier alpha value is -2.35. The third-order valence-electron chi connectivity index (χ3n) is 7.99. The standard InChI is InChI=1S/C34H50N2/c1-4-6-7-8-9-10-11-12-13-20-25-32(33-35-26-28-36(33)27-5-2)34(3,31-23-18-15-19-24-31)29-30-21-16-14-17-22-30/h14-19,21-24,26,28,32H,4-13,20,25,27,29H2,1-3H3. The van der Waals surface area contributed by atoms with Crippen molar-refractivity contribution in [3.05, 3.63) is 90.0 Å². The molecular weight excluding hydrogens is 436 g/mol. The highest BCUT2D eigenvalue weighted by Gasteiger charge is 2.39. The van der Waals surface area contributed by atoms with Gasteiger partial charge >= 0.3 is 0 Å². The molecule has 0 saturated carbocycles. The molecule has 0 aliphatic carbocycles. The van der Waals surface area contributed by atoms with Gasteiger partial charge in [0.15, 0.2) is 0 Å². The molecule has 2 unspecified atom stereocenters. The maximum absolute atomic E-state index is 5.00. The van der Waals surface area contributed by atoms with E-state index >= 15 is 0 Å². The van der Waals surface area contributed by atoms with Crippen LogP contribution in [0.15, 0.2) is 73.1 Å². The van der Waals surface area contributed by atoms with Crippen molar-refractivity contribution in [2.45, 2.75) is 122 Å². The Kier molecular flexibility index (Phi) is 12.3. The van der Waals surface area contributed by atoms with Crippen LogP contribution in [0.1, 0.15) is 121 Å². The van der Waals surface area contributed by atoms with Crippen LogP contribution in [-0.4, -0.2) is 9.55 Å². The number of hydrogen-bond acceptors (Lipinski definition) is 1. The third kappa shape index (κ3) is 8.36. The van der Waals surface area contributed by atoms with Gasteiger partial charge in [0.25, 0.3) is 0 Å². The normalized spacial score (nSPS) is 14.0. The Labute approximate surface area is 221 Å². The summed E-state index contributed by atoms with van der Waals surface area (Å²) in [5, 5.41) is 0. The zero-order valence-electron chi connectivity index (χ0n) is 23.3. The van der Waals surface area contributed by atoms with Crippen molar-refractivity contribution < 1.29 is 0 Å². The van der Waals surface area contributed by atoms with Crippen molar-refractivity contribution in [3.63, 3.8) is 0 Å². The SMILES string of the molecule is CCCCCCCCCCCCC(c1nccn1CCC)C(C)(Cc1ccccc1)c1ccccc1. The molecule has 0 spiro atoms. The van der Waals surface area contributed by atoms with Crippen LogP contribution in [0.3, 0.4) is 0 Å². The Balaban J connectivity index is 1.75. The molecule has 2 heteroatoms. The van der Waals surface area contributed by atoms with Crippen LogP contribution in [-0.2, 0) is 18.4 Å². The van der Waals surface area contributed by atoms with E-state index in [0.717, 1.165) is 19.4 Å². The summed E-state index contributed by atoms with van der Waals surface area (Å²) in [5.41, 5.74) is 2.82. The predicted molar refractivity (Wildman–Crippen MR) is 156 cm³/mol. The average molecular weight is 487 g/mol. The van der Waals surface area contributed by atoms with Crippen LogP contribution in [0, 0.1) is 0 Å². The molecule has 1 heterocycles. The number of unbranched alkanes of at least 4 members (excludes halogenated alkanes) is 9. The summed E-state index contributed by atoms with van der Waals surface area (Å²) in [5.74, 6) is 1.66. The molecule has 0 radical (unpaired) electrons. The molecule has 2 aromatic carbocycles. The summed E-state index contributed by atoms with van der Waals surface area (Å²) in [6.07, 6.45) is 21.3. The first-order chi connectivity index (χ1) is 17.7. The van der Waals surface area contributed by atoms with E-state index in [-0.39, 0.29) is 5.41 Å². The zero-order valence-corrected chi connectivity index (χ0v) is 23.3. The number of nitrogens with zero attached hydrogens (tertiary/aromatic N) is 2. The topological polar surface area (TPSA) is 17.8 Å². The van der Waals surface area contributed by atoms with Crippen LogP contribution in [0.2, 0.25) is 0 Å². The molecule has 2 nitrogen and oxygen atoms in total. The minimum absolute atomic E-state index is 0.0151. The van der Waals surface area contributed by atoms with Crippen molar-refractivity contribution >= 4 is 0 Å². The van der Waals surface area contributed by atoms with Crippen LogP contribution in [0.4, 0.5) is 0 Å². The molecular formula is C34H50N2. The van der Waals surface area contributed by atoms with Crippen molar-refractivity contribution in [3.8, 4) is 0 Å². The van der Waals surface area contributed by atoms with Gasteiger partial charge in [-0.1, -0.05) is 146 Å². The van der Waals surface area contributed by atoms with Gasteiger partial charge in [-0.05, 0) is 30.4 Å². The highest BCUT2D eigenvalue weighted by Crippen LogP contribution is 2.44. The monoisotopic (exact) mass is 486 g/mol. The van der Waals surface area contributed by atoms with Crippen molar-refractivity contribution in [2.75, 3.05) is 0 Å². The fraction of sp³-hybridized carbons (Fsp3) is 0.559. The zero-order chi connectivity index (χ0) is 25.5. The Bertz CT molecular complexity index is 946. The van der Waals surface area contributed by atoms with Gasteiger partial charge in [-0.2, -0.15) is 0 Å². The molecule has 0 saturated heterocycles. The maximum Gasteiger partial charge on any atom is 0.112 e. The van der Waals surface area contributed by atoms with Gasteiger partial charge < -0.3 is 4.57 Å². The molecule has 0 aliphatic rings. The van der Waals surface area contributed by atoms with E-state index in [9.17, 15) is 0 Å². The summed E-state index contributed by atoms with van der Waals surface area (Å²) < 4.78 is 2.42. The summed E-state index contributed by atoms with van der Waals surface area (Å²) in [7, 11) is 0. The van der Waals surface area contributed by atoms with E-state index < -0.39 is 0 Å². The van der Waals surface area contributed by atoms with Gasteiger partial charge in [-0.3, -0.25) is 0 Å². The second-order valence-electron chi connectivity index (χ2n) is 10.9. The molecule has 0 amide bonds. The molecule has 36 heavy (non-hydrogen) atoms. The van der Waals surface area contributed by atoms with Gasteiger partial charge in [0.05, 0.1) is 0 Å². The van der Waals surface area contributed by atoms with E-state index in [4.69, 9.17) is 4.98 Å². The smallest absolute Gasteiger partial charge is 0.112 e. The Morgan fingerprint density at radius 3 is 1.92 bits per heavy atom. The number of aryl methyl sites for hydroxylation is 1. The number of aromatic nitrogens is 2. The van der Waals surface area contributed by atoms with Gasteiger partial charge in [-0.25, -0.2) is 4.98 Å². The second-order valence-corrected chi connectivity index (χ2v) is 10.9. The lowest BCUT2D eigenvalue weighted by Crippen LogP contribution is -2.35. The van der Waals surface area contributed by atoms with Crippen molar-refractivity contribution in [1.82, 2.24) is 9.55 Å². The van der Waals surface area contributed by atoms with Crippen LogP contribution >= 0.6 is 0 Å². The quantitative estimate of drug-likeness (QED) is 0.164. The fourth-order valence-corrected chi connectivity index (χ4v) is 5.89. The molecule has 0 bridgehead atoms. The number of benzene rings is 2. The van der Waals surface area contributed by atoms with Crippen molar-refractivity contribution in [1.29, 1.82) is 0 Å². The largest absolute Gasteiger partial charge is 0.335 e. The van der Waals surface area contributed by atoms with Gasteiger partial charge in [0, 0.05) is 30.3 Å². The lowest BCUT2D eigenvalue weighted by Gasteiger charge is -2.39. The minimum atomic E-state index is -0.0151. The average Bonchev–Trinajstić information content (AvgIpc) is 3.36. The fourth-order valence-electron chi connectivity index (χ4n) is 5.89. The minimum Gasteiger partial charge on any atom is -0.335 e. The highest BCUT2D eigenvalue weighted by molar-refractivity contribution is 5.33. The first-order valence-electron chi connectivity index (χ1n) is 14.8. The summed E-state index contributed by atoms with van der Waals surface area (Å²) in [6, 6.07) is 22.3. The van der Waals surface area contributed by atoms with Gasteiger partial charge in [0.1, 0.15) is 5.82 Å². The third-order valence-corrected chi connectivity index (χ3v) is 7.99. The summed E-state index contributed by atoms with van der Waals surface area (Å²) in [6.45, 7) is 8.09. The lowest BCUT2D eigenvalue weighted by molar-refractivity contribution is 0.322. The maximum atomic E-state index is 5.00. The van der Waals surface area contributed by atoms with Crippen LogP contribution in [0.5, 0.6) is 0 Å².